The minimum atomic E-state index is -0.376. The molecule has 1 aliphatic heterocycles. The highest BCUT2D eigenvalue weighted by molar-refractivity contribution is 6.04. The minimum absolute atomic E-state index is 0.167. The van der Waals surface area contributed by atoms with E-state index in [4.69, 9.17) is 9.47 Å². The molecule has 0 saturated heterocycles. The van der Waals surface area contributed by atoms with Crippen molar-refractivity contribution in [3.05, 3.63) is 77.9 Å². The maximum absolute atomic E-state index is 12.4. The SMILES string of the molecule is COC(=O)c1ccc(Nc2ccc(NC(=O)c3ccc4c(c3)OCO4)cc2)cc1. The molecule has 3 aromatic rings. The molecule has 1 aliphatic rings. The van der Waals surface area contributed by atoms with E-state index in [1.165, 1.54) is 7.11 Å². The molecule has 146 valence electrons. The Hall–Kier alpha value is -4.00. The zero-order valence-electron chi connectivity index (χ0n) is 15.6. The van der Waals surface area contributed by atoms with E-state index in [0.29, 0.717) is 28.3 Å². The molecule has 29 heavy (non-hydrogen) atoms. The first-order valence-corrected chi connectivity index (χ1v) is 8.89. The minimum Gasteiger partial charge on any atom is -0.465 e. The van der Waals surface area contributed by atoms with Crippen LogP contribution in [0.5, 0.6) is 11.5 Å². The number of carbonyl (C=O) groups excluding carboxylic acids is 2. The summed E-state index contributed by atoms with van der Waals surface area (Å²) in [5.74, 6) is 0.591. The Balaban J connectivity index is 1.39. The summed E-state index contributed by atoms with van der Waals surface area (Å²) < 4.78 is 15.2. The van der Waals surface area contributed by atoms with Gasteiger partial charge in [0, 0.05) is 22.6 Å². The normalized spacial score (nSPS) is 11.6. The molecule has 3 aromatic carbocycles. The first kappa shape index (κ1) is 18.4. The maximum atomic E-state index is 12.4. The van der Waals surface area contributed by atoms with Gasteiger partial charge in [-0.3, -0.25) is 4.79 Å². The largest absolute Gasteiger partial charge is 0.465 e. The van der Waals surface area contributed by atoms with E-state index in [-0.39, 0.29) is 18.7 Å². The van der Waals surface area contributed by atoms with Crippen molar-refractivity contribution in [2.45, 2.75) is 0 Å². The van der Waals surface area contributed by atoms with Crippen molar-refractivity contribution >= 4 is 28.9 Å². The van der Waals surface area contributed by atoms with Crippen LogP contribution < -0.4 is 20.1 Å². The van der Waals surface area contributed by atoms with Crippen molar-refractivity contribution in [2.75, 3.05) is 24.5 Å². The van der Waals surface area contributed by atoms with Gasteiger partial charge in [-0.15, -0.1) is 0 Å². The van der Waals surface area contributed by atoms with E-state index in [9.17, 15) is 9.59 Å². The summed E-state index contributed by atoms with van der Waals surface area (Å²) in [5, 5.41) is 6.09. The average Bonchev–Trinajstić information content (AvgIpc) is 3.23. The zero-order chi connectivity index (χ0) is 20.2. The topological polar surface area (TPSA) is 85.9 Å². The van der Waals surface area contributed by atoms with Crippen molar-refractivity contribution in [1.29, 1.82) is 0 Å². The number of carbonyl (C=O) groups is 2. The van der Waals surface area contributed by atoms with Crippen LogP contribution in [0.1, 0.15) is 20.7 Å². The maximum Gasteiger partial charge on any atom is 0.337 e. The van der Waals surface area contributed by atoms with Gasteiger partial charge in [-0.05, 0) is 66.7 Å². The summed E-state index contributed by atoms with van der Waals surface area (Å²) >= 11 is 0. The number of esters is 1. The fourth-order valence-electron chi connectivity index (χ4n) is 2.85. The van der Waals surface area contributed by atoms with Crippen molar-refractivity contribution in [2.24, 2.45) is 0 Å². The highest BCUT2D eigenvalue weighted by Gasteiger charge is 2.16. The number of ether oxygens (including phenoxy) is 3. The lowest BCUT2D eigenvalue weighted by Crippen LogP contribution is -2.11. The first-order valence-electron chi connectivity index (χ1n) is 8.89. The molecular weight excluding hydrogens is 372 g/mol. The van der Waals surface area contributed by atoms with Crippen molar-refractivity contribution in [1.82, 2.24) is 0 Å². The fraction of sp³-hybridized carbons (Fsp3) is 0.0909. The van der Waals surface area contributed by atoms with E-state index < -0.39 is 0 Å². The van der Waals surface area contributed by atoms with E-state index in [2.05, 4.69) is 15.4 Å². The Bertz CT molecular complexity index is 1050. The molecular formula is C22H18N2O5. The van der Waals surface area contributed by atoms with Gasteiger partial charge in [0.2, 0.25) is 6.79 Å². The molecule has 0 saturated carbocycles. The van der Waals surface area contributed by atoms with Crippen molar-refractivity contribution < 1.29 is 23.8 Å². The Morgan fingerprint density at radius 2 is 1.38 bits per heavy atom. The monoisotopic (exact) mass is 390 g/mol. The number of hydrogen-bond acceptors (Lipinski definition) is 6. The van der Waals surface area contributed by atoms with E-state index in [1.807, 2.05) is 12.1 Å². The van der Waals surface area contributed by atoms with Gasteiger partial charge in [0.25, 0.3) is 5.91 Å². The third-order valence-electron chi connectivity index (χ3n) is 4.37. The summed E-state index contributed by atoms with van der Waals surface area (Å²) in [7, 11) is 1.35. The second-order valence-electron chi connectivity index (χ2n) is 6.29. The number of methoxy groups -OCH3 is 1. The summed E-state index contributed by atoms with van der Waals surface area (Å²) in [6.45, 7) is 0.167. The molecule has 0 aromatic heterocycles. The van der Waals surface area contributed by atoms with Crippen molar-refractivity contribution in [3.63, 3.8) is 0 Å². The number of fused-ring (bicyclic) bond motifs is 1. The molecule has 0 atom stereocenters. The molecule has 0 unspecified atom stereocenters. The van der Waals surface area contributed by atoms with Crippen LogP contribution in [-0.4, -0.2) is 25.8 Å². The Labute approximate surface area is 167 Å². The van der Waals surface area contributed by atoms with Gasteiger partial charge in [0.15, 0.2) is 11.5 Å². The molecule has 1 amide bonds. The van der Waals surface area contributed by atoms with Crippen LogP contribution in [0.2, 0.25) is 0 Å². The molecule has 0 aliphatic carbocycles. The highest BCUT2D eigenvalue weighted by atomic mass is 16.7. The number of benzene rings is 3. The lowest BCUT2D eigenvalue weighted by Gasteiger charge is -2.09. The number of amides is 1. The summed E-state index contributed by atoms with van der Waals surface area (Å²) in [5.41, 5.74) is 3.31. The quantitative estimate of drug-likeness (QED) is 0.635. The lowest BCUT2D eigenvalue weighted by atomic mass is 10.1. The van der Waals surface area contributed by atoms with Crippen LogP contribution in [0.25, 0.3) is 0 Å². The Morgan fingerprint density at radius 1 is 0.793 bits per heavy atom. The molecule has 0 radical (unpaired) electrons. The third-order valence-corrected chi connectivity index (χ3v) is 4.37. The number of rotatable bonds is 5. The molecule has 1 heterocycles. The van der Waals surface area contributed by atoms with Gasteiger partial charge in [-0.1, -0.05) is 0 Å². The molecule has 0 bridgehead atoms. The number of anilines is 3. The predicted octanol–water partition coefficient (Wildman–Crippen LogP) is 4.20. The van der Waals surface area contributed by atoms with Gasteiger partial charge < -0.3 is 24.8 Å². The van der Waals surface area contributed by atoms with E-state index >= 15 is 0 Å². The number of nitrogens with one attached hydrogen (secondary N) is 2. The van der Waals surface area contributed by atoms with Gasteiger partial charge in [-0.25, -0.2) is 4.79 Å². The number of hydrogen-bond donors (Lipinski definition) is 2. The van der Waals surface area contributed by atoms with E-state index in [1.54, 1.807) is 54.6 Å². The van der Waals surface area contributed by atoms with Crippen LogP contribution >= 0.6 is 0 Å². The van der Waals surface area contributed by atoms with Crippen LogP contribution in [0.15, 0.2) is 66.7 Å². The van der Waals surface area contributed by atoms with E-state index in [0.717, 1.165) is 11.4 Å². The second-order valence-corrected chi connectivity index (χ2v) is 6.29. The zero-order valence-corrected chi connectivity index (χ0v) is 15.6. The van der Waals surface area contributed by atoms with Gasteiger partial charge in [0.1, 0.15) is 0 Å². The standard InChI is InChI=1S/C22H18N2O5/c1-27-22(26)14-2-5-16(6-3-14)23-17-7-9-18(10-8-17)24-21(25)15-4-11-19-20(12-15)29-13-28-19/h2-12,23H,13H2,1H3,(H,24,25). The molecule has 0 spiro atoms. The van der Waals surface area contributed by atoms with Crippen molar-refractivity contribution in [3.8, 4) is 11.5 Å². The Kier molecular flexibility index (Phi) is 5.03. The smallest absolute Gasteiger partial charge is 0.337 e. The lowest BCUT2D eigenvalue weighted by molar-refractivity contribution is 0.0600. The van der Waals surface area contributed by atoms with Gasteiger partial charge in [-0.2, -0.15) is 0 Å². The summed E-state index contributed by atoms with van der Waals surface area (Å²) in [4.78, 5) is 23.9. The predicted molar refractivity (Wildman–Crippen MR) is 108 cm³/mol. The first-order chi connectivity index (χ1) is 14.1. The average molecular weight is 390 g/mol. The molecule has 2 N–H and O–H groups in total. The molecule has 7 heteroatoms. The second kappa shape index (κ2) is 7.93. The highest BCUT2D eigenvalue weighted by Crippen LogP contribution is 2.32. The summed E-state index contributed by atoms with van der Waals surface area (Å²) in [6, 6.07) is 19.3. The van der Waals surface area contributed by atoms with Gasteiger partial charge >= 0.3 is 5.97 Å². The van der Waals surface area contributed by atoms with Crippen LogP contribution in [-0.2, 0) is 4.74 Å². The molecule has 4 rings (SSSR count). The molecule has 7 nitrogen and oxygen atoms in total. The van der Waals surface area contributed by atoms with Crippen LogP contribution in [0.3, 0.4) is 0 Å². The molecule has 0 fully saturated rings. The fourth-order valence-corrected chi connectivity index (χ4v) is 2.85. The third kappa shape index (κ3) is 4.14. The Morgan fingerprint density at radius 3 is 2.07 bits per heavy atom. The van der Waals surface area contributed by atoms with Crippen LogP contribution in [0, 0.1) is 0 Å². The van der Waals surface area contributed by atoms with Gasteiger partial charge in [0.05, 0.1) is 12.7 Å². The van der Waals surface area contributed by atoms with Crippen LogP contribution in [0.4, 0.5) is 17.1 Å². The summed E-state index contributed by atoms with van der Waals surface area (Å²) in [6.07, 6.45) is 0.